The van der Waals surface area contributed by atoms with Crippen LogP contribution in [0.15, 0.2) is 59.1 Å². The van der Waals surface area contributed by atoms with E-state index < -0.39 is 11.5 Å². The first-order valence-corrected chi connectivity index (χ1v) is 7.60. The van der Waals surface area contributed by atoms with Crippen molar-refractivity contribution < 1.29 is 9.90 Å². The van der Waals surface area contributed by atoms with Crippen molar-refractivity contribution in [1.82, 2.24) is 5.32 Å². The third-order valence-electron chi connectivity index (χ3n) is 3.74. The standard InChI is InChI=1S/C17H18BrNO2/c1-19-17(16(20)21,14-7-3-2-4-8-14)11-10-13-6-5-9-15(18)12-13/h2-9,12,19H,10-11H2,1H3,(H,20,21). The number of nitrogens with one attached hydrogen (secondary N) is 1. The summed E-state index contributed by atoms with van der Waals surface area (Å²) in [6.45, 7) is 0. The van der Waals surface area contributed by atoms with Gasteiger partial charge in [-0.3, -0.25) is 0 Å². The number of rotatable bonds is 6. The SMILES string of the molecule is CNC(CCc1cccc(Br)c1)(C(=O)O)c1ccccc1. The van der Waals surface area contributed by atoms with E-state index in [2.05, 4.69) is 21.2 Å². The van der Waals surface area contributed by atoms with Gasteiger partial charge in [-0.2, -0.15) is 0 Å². The smallest absolute Gasteiger partial charge is 0.328 e. The van der Waals surface area contributed by atoms with Gasteiger partial charge < -0.3 is 10.4 Å². The molecule has 21 heavy (non-hydrogen) atoms. The van der Waals surface area contributed by atoms with Crippen molar-refractivity contribution in [2.75, 3.05) is 7.05 Å². The summed E-state index contributed by atoms with van der Waals surface area (Å²) in [4.78, 5) is 11.9. The minimum absolute atomic E-state index is 0.485. The first-order valence-electron chi connectivity index (χ1n) is 6.81. The van der Waals surface area contributed by atoms with Gasteiger partial charge in [0.25, 0.3) is 0 Å². The van der Waals surface area contributed by atoms with Gasteiger partial charge in [0, 0.05) is 4.47 Å². The number of carboxylic acid groups (broad SMARTS) is 1. The fourth-order valence-corrected chi connectivity index (χ4v) is 2.94. The lowest BCUT2D eigenvalue weighted by molar-refractivity contribution is -0.145. The summed E-state index contributed by atoms with van der Waals surface area (Å²) < 4.78 is 1.00. The Hall–Kier alpha value is -1.65. The Labute approximate surface area is 133 Å². The molecule has 0 radical (unpaired) electrons. The molecule has 2 aromatic carbocycles. The maximum atomic E-state index is 11.9. The van der Waals surface area contributed by atoms with Gasteiger partial charge in [0.05, 0.1) is 0 Å². The average molecular weight is 348 g/mol. The van der Waals surface area contributed by atoms with Crippen LogP contribution in [0, 0.1) is 0 Å². The highest BCUT2D eigenvalue weighted by atomic mass is 79.9. The average Bonchev–Trinajstić information content (AvgIpc) is 2.49. The van der Waals surface area contributed by atoms with Crippen molar-refractivity contribution in [2.24, 2.45) is 0 Å². The highest BCUT2D eigenvalue weighted by Gasteiger charge is 2.38. The number of carbonyl (C=O) groups is 1. The number of hydrogen-bond donors (Lipinski definition) is 2. The van der Waals surface area contributed by atoms with Crippen LogP contribution in [0.5, 0.6) is 0 Å². The van der Waals surface area contributed by atoms with Crippen LogP contribution in [0.2, 0.25) is 0 Å². The summed E-state index contributed by atoms with van der Waals surface area (Å²) in [6.07, 6.45) is 1.17. The van der Waals surface area contributed by atoms with Crippen molar-refractivity contribution in [2.45, 2.75) is 18.4 Å². The second-order valence-corrected chi connectivity index (χ2v) is 5.87. The molecule has 0 aliphatic heterocycles. The molecule has 0 saturated carbocycles. The molecule has 2 aromatic rings. The van der Waals surface area contributed by atoms with E-state index in [-0.39, 0.29) is 0 Å². The van der Waals surface area contributed by atoms with Gasteiger partial charge >= 0.3 is 5.97 Å². The van der Waals surface area contributed by atoms with E-state index in [1.807, 2.05) is 54.6 Å². The minimum atomic E-state index is -1.07. The number of likely N-dealkylation sites (N-methyl/N-ethyl adjacent to an activating group) is 1. The zero-order valence-corrected chi connectivity index (χ0v) is 13.4. The van der Waals surface area contributed by atoms with Crippen LogP contribution in [0.1, 0.15) is 17.5 Å². The fraction of sp³-hybridized carbons (Fsp3) is 0.235. The first kappa shape index (κ1) is 15.7. The van der Waals surface area contributed by atoms with Crippen LogP contribution < -0.4 is 5.32 Å². The summed E-state index contributed by atoms with van der Waals surface area (Å²) >= 11 is 3.44. The van der Waals surface area contributed by atoms with Crippen LogP contribution in [-0.2, 0) is 16.8 Å². The fourth-order valence-electron chi connectivity index (χ4n) is 2.50. The molecule has 0 spiro atoms. The zero-order chi connectivity index (χ0) is 15.3. The van der Waals surface area contributed by atoms with Crippen molar-refractivity contribution in [3.05, 3.63) is 70.2 Å². The molecule has 0 amide bonds. The third-order valence-corrected chi connectivity index (χ3v) is 4.23. The van der Waals surface area contributed by atoms with Crippen LogP contribution in [0.3, 0.4) is 0 Å². The molecular formula is C17H18BrNO2. The lowest BCUT2D eigenvalue weighted by Crippen LogP contribution is -2.47. The van der Waals surface area contributed by atoms with E-state index in [1.54, 1.807) is 7.05 Å². The van der Waals surface area contributed by atoms with Gasteiger partial charge in [0.1, 0.15) is 5.54 Å². The highest BCUT2D eigenvalue weighted by Crippen LogP contribution is 2.27. The monoisotopic (exact) mass is 347 g/mol. The summed E-state index contributed by atoms with van der Waals surface area (Å²) in [5.74, 6) is -0.855. The van der Waals surface area contributed by atoms with E-state index in [9.17, 15) is 9.90 Å². The summed E-state index contributed by atoms with van der Waals surface area (Å²) in [5.41, 5.74) is 0.819. The maximum absolute atomic E-state index is 11.9. The molecule has 0 fully saturated rings. The van der Waals surface area contributed by atoms with Gasteiger partial charge in [-0.1, -0.05) is 58.4 Å². The van der Waals surface area contributed by atoms with Crippen LogP contribution in [0.25, 0.3) is 0 Å². The lowest BCUT2D eigenvalue weighted by atomic mass is 9.84. The third kappa shape index (κ3) is 3.52. The minimum Gasteiger partial charge on any atom is -0.480 e. The number of benzene rings is 2. The Morgan fingerprint density at radius 1 is 1.19 bits per heavy atom. The Kier molecular flexibility index (Phi) is 5.15. The summed E-state index contributed by atoms with van der Waals surface area (Å²) in [7, 11) is 1.70. The predicted octanol–water partition coefficient (Wildman–Crippen LogP) is 3.58. The second kappa shape index (κ2) is 6.87. The molecule has 3 nitrogen and oxygen atoms in total. The molecule has 1 unspecified atom stereocenters. The van der Waals surface area contributed by atoms with E-state index in [0.29, 0.717) is 12.8 Å². The van der Waals surface area contributed by atoms with Gasteiger partial charge in [-0.05, 0) is 43.1 Å². The van der Waals surface area contributed by atoms with E-state index in [1.165, 1.54) is 0 Å². The Morgan fingerprint density at radius 2 is 1.90 bits per heavy atom. The molecule has 110 valence electrons. The zero-order valence-electron chi connectivity index (χ0n) is 11.8. The van der Waals surface area contributed by atoms with E-state index in [4.69, 9.17) is 0 Å². The van der Waals surface area contributed by atoms with Gasteiger partial charge in [0.15, 0.2) is 0 Å². The molecule has 0 bridgehead atoms. The van der Waals surface area contributed by atoms with Crippen molar-refractivity contribution >= 4 is 21.9 Å². The Balaban J connectivity index is 2.27. The molecule has 0 aromatic heterocycles. The number of carboxylic acids is 1. The van der Waals surface area contributed by atoms with Crippen molar-refractivity contribution in [1.29, 1.82) is 0 Å². The first-order chi connectivity index (χ1) is 10.1. The van der Waals surface area contributed by atoms with Gasteiger partial charge in [0.2, 0.25) is 0 Å². The number of aliphatic carboxylic acids is 1. The van der Waals surface area contributed by atoms with E-state index in [0.717, 1.165) is 15.6 Å². The molecular weight excluding hydrogens is 330 g/mol. The van der Waals surface area contributed by atoms with Gasteiger partial charge in [-0.25, -0.2) is 4.79 Å². The Bertz CT molecular complexity index is 615. The van der Waals surface area contributed by atoms with E-state index >= 15 is 0 Å². The molecule has 1 atom stereocenters. The number of hydrogen-bond acceptors (Lipinski definition) is 2. The summed E-state index contributed by atoms with van der Waals surface area (Å²) in [5, 5.41) is 12.7. The molecule has 0 heterocycles. The highest BCUT2D eigenvalue weighted by molar-refractivity contribution is 9.10. The molecule has 0 saturated heterocycles. The number of halogens is 1. The second-order valence-electron chi connectivity index (χ2n) is 4.96. The Morgan fingerprint density at radius 3 is 2.48 bits per heavy atom. The van der Waals surface area contributed by atoms with Crippen LogP contribution in [0.4, 0.5) is 0 Å². The van der Waals surface area contributed by atoms with Crippen molar-refractivity contribution in [3.63, 3.8) is 0 Å². The quantitative estimate of drug-likeness (QED) is 0.839. The summed E-state index contributed by atoms with van der Waals surface area (Å²) in [6, 6.07) is 17.3. The maximum Gasteiger partial charge on any atom is 0.328 e. The largest absolute Gasteiger partial charge is 0.480 e. The van der Waals surface area contributed by atoms with Crippen LogP contribution >= 0.6 is 15.9 Å². The molecule has 0 aliphatic carbocycles. The van der Waals surface area contributed by atoms with Crippen molar-refractivity contribution in [3.8, 4) is 0 Å². The lowest BCUT2D eigenvalue weighted by Gasteiger charge is -2.29. The van der Waals surface area contributed by atoms with Gasteiger partial charge in [-0.15, -0.1) is 0 Å². The topological polar surface area (TPSA) is 49.3 Å². The van der Waals surface area contributed by atoms with Crippen LogP contribution in [-0.4, -0.2) is 18.1 Å². The molecule has 0 aliphatic rings. The molecule has 2 N–H and O–H groups in total. The predicted molar refractivity (Wildman–Crippen MR) is 87.3 cm³/mol. The normalized spacial score (nSPS) is 13.6. The molecule has 4 heteroatoms. The molecule has 2 rings (SSSR count). The number of aryl methyl sites for hydroxylation is 1.